The van der Waals surface area contributed by atoms with Crippen molar-refractivity contribution in [1.29, 1.82) is 0 Å². The predicted molar refractivity (Wildman–Crippen MR) is 72.3 cm³/mol. The highest BCUT2D eigenvalue weighted by molar-refractivity contribution is 7.99. The highest BCUT2D eigenvalue weighted by Gasteiger charge is 2.02. The topological polar surface area (TPSA) is 26.0 Å². The molecule has 0 aliphatic rings. The summed E-state index contributed by atoms with van der Waals surface area (Å²) in [5.74, 6) is 0. The van der Waals surface area contributed by atoms with Gasteiger partial charge in [-0.1, -0.05) is 39.0 Å². The molecule has 1 unspecified atom stereocenters. The van der Waals surface area contributed by atoms with Gasteiger partial charge in [-0.3, -0.25) is 0 Å². The van der Waals surface area contributed by atoms with E-state index in [1.54, 1.807) is 0 Å². The van der Waals surface area contributed by atoms with E-state index in [4.69, 9.17) is 5.73 Å². The maximum atomic E-state index is 5.99. The molecule has 0 spiro atoms. The number of thiol groups is 2. The fourth-order valence-electron chi connectivity index (χ4n) is 1.53. The highest BCUT2D eigenvalue weighted by Crippen LogP contribution is 2.13. The van der Waals surface area contributed by atoms with Crippen LogP contribution in [-0.2, 0) is 0 Å². The van der Waals surface area contributed by atoms with Crippen LogP contribution in [0.25, 0.3) is 0 Å². The van der Waals surface area contributed by atoms with Crippen molar-refractivity contribution in [2.75, 3.05) is 0 Å². The summed E-state index contributed by atoms with van der Waals surface area (Å²) in [6.45, 7) is 2.23. The van der Waals surface area contributed by atoms with Gasteiger partial charge in [-0.15, -0.1) is 0 Å². The second kappa shape index (κ2) is 10.2. The molecule has 0 saturated heterocycles. The molecule has 2 N–H and O–H groups in total. The van der Waals surface area contributed by atoms with E-state index in [2.05, 4.69) is 32.2 Å². The van der Waals surface area contributed by atoms with Crippen LogP contribution < -0.4 is 5.73 Å². The van der Waals surface area contributed by atoms with Gasteiger partial charge in [-0.25, -0.2) is 0 Å². The third-order valence-electron chi connectivity index (χ3n) is 2.47. The molecule has 0 aromatic carbocycles. The van der Waals surface area contributed by atoms with Crippen molar-refractivity contribution >= 4 is 25.3 Å². The van der Waals surface area contributed by atoms with E-state index in [0.29, 0.717) is 6.04 Å². The van der Waals surface area contributed by atoms with Gasteiger partial charge in [0.1, 0.15) is 0 Å². The first-order chi connectivity index (χ1) is 6.66. The summed E-state index contributed by atoms with van der Waals surface area (Å²) in [7, 11) is 0. The molecule has 14 heavy (non-hydrogen) atoms. The van der Waals surface area contributed by atoms with Crippen LogP contribution in [0.5, 0.6) is 0 Å². The summed E-state index contributed by atoms with van der Waals surface area (Å²) in [5.41, 5.74) is 5.99. The van der Waals surface area contributed by atoms with E-state index in [0.717, 1.165) is 12.8 Å². The quantitative estimate of drug-likeness (QED) is 0.317. The molecular formula is C11H25NS2. The smallest absolute Gasteiger partial charge is 0.0442 e. The van der Waals surface area contributed by atoms with E-state index in [1.165, 1.54) is 38.5 Å². The van der Waals surface area contributed by atoms with Crippen LogP contribution in [0.4, 0.5) is 0 Å². The average Bonchev–Trinajstić information content (AvgIpc) is 2.13. The normalized spacial score (nSPS) is 13.5. The molecule has 3 heteroatoms. The van der Waals surface area contributed by atoms with Gasteiger partial charge < -0.3 is 5.73 Å². The second-order valence-corrected chi connectivity index (χ2v) is 5.67. The zero-order chi connectivity index (χ0) is 10.8. The molecule has 1 atom stereocenters. The predicted octanol–water partition coefficient (Wildman–Crippen LogP) is 3.64. The van der Waals surface area contributed by atoms with Crippen LogP contribution in [0, 0.1) is 0 Å². The van der Waals surface area contributed by atoms with Crippen LogP contribution in [0.2, 0.25) is 0 Å². The lowest BCUT2D eigenvalue weighted by atomic mass is 10.0. The monoisotopic (exact) mass is 235 g/mol. The molecule has 0 rings (SSSR count). The molecule has 0 bridgehead atoms. The lowest BCUT2D eigenvalue weighted by Gasteiger charge is -2.11. The van der Waals surface area contributed by atoms with Gasteiger partial charge in [-0.05, 0) is 19.3 Å². The van der Waals surface area contributed by atoms with Crippen molar-refractivity contribution < 1.29 is 0 Å². The molecule has 0 aliphatic carbocycles. The molecule has 1 nitrogen and oxygen atoms in total. The Morgan fingerprint density at radius 1 is 0.929 bits per heavy atom. The van der Waals surface area contributed by atoms with Gasteiger partial charge in [0.25, 0.3) is 0 Å². The number of nitrogens with two attached hydrogens (primary N) is 1. The Balaban J connectivity index is 3.14. The van der Waals surface area contributed by atoms with Gasteiger partial charge in [0.2, 0.25) is 0 Å². The molecule has 0 radical (unpaired) electrons. The number of rotatable bonds is 9. The van der Waals surface area contributed by atoms with E-state index in [9.17, 15) is 0 Å². The Hall–Kier alpha value is 0.660. The first-order valence-electron chi connectivity index (χ1n) is 5.78. The van der Waals surface area contributed by atoms with Gasteiger partial charge in [0.15, 0.2) is 0 Å². The molecule has 0 heterocycles. The fraction of sp³-hybridized carbons (Fsp3) is 1.00. The Labute approximate surface area is 100 Å². The standard InChI is InChI=1S/C11H25NS2/c1-2-3-4-7-10(12)8-5-6-9-11(13)14/h10-11,13-14H,2-9,12H2,1H3. The summed E-state index contributed by atoms with van der Waals surface area (Å²) < 4.78 is 0.242. The van der Waals surface area contributed by atoms with Crippen molar-refractivity contribution in [2.24, 2.45) is 5.73 Å². The van der Waals surface area contributed by atoms with Gasteiger partial charge in [-0.2, -0.15) is 25.3 Å². The zero-order valence-corrected chi connectivity index (χ0v) is 11.1. The maximum absolute atomic E-state index is 5.99. The minimum Gasteiger partial charge on any atom is -0.328 e. The zero-order valence-electron chi connectivity index (χ0n) is 9.28. The molecule has 0 aromatic rings. The van der Waals surface area contributed by atoms with E-state index < -0.39 is 0 Å². The van der Waals surface area contributed by atoms with Crippen LogP contribution >= 0.6 is 25.3 Å². The third-order valence-corrected chi connectivity index (χ3v) is 2.98. The Morgan fingerprint density at radius 2 is 1.43 bits per heavy atom. The van der Waals surface area contributed by atoms with E-state index >= 15 is 0 Å². The van der Waals surface area contributed by atoms with E-state index in [-0.39, 0.29) is 4.58 Å². The van der Waals surface area contributed by atoms with Crippen LogP contribution in [-0.4, -0.2) is 10.6 Å². The van der Waals surface area contributed by atoms with Gasteiger partial charge >= 0.3 is 0 Å². The minimum atomic E-state index is 0.242. The number of hydrogen-bond donors (Lipinski definition) is 3. The second-order valence-electron chi connectivity index (χ2n) is 4.02. The van der Waals surface area contributed by atoms with Crippen LogP contribution in [0.3, 0.4) is 0 Å². The highest BCUT2D eigenvalue weighted by atomic mass is 32.2. The van der Waals surface area contributed by atoms with E-state index in [1.807, 2.05) is 0 Å². The average molecular weight is 235 g/mol. The summed E-state index contributed by atoms with van der Waals surface area (Å²) in [6.07, 6.45) is 9.78. The van der Waals surface area contributed by atoms with Crippen molar-refractivity contribution in [3.05, 3.63) is 0 Å². The van der Waals surface area contributed by atoms with Crippen molar-refractivity contribution in [3.8, 4) is 0 Å². The van der Waals surface area contributed by atoms with Crippen molar-refractivity contribution in [1.82, 2.24) is 0 Å². The molecule has 0 saturated carbocycles. The number of hydrogen-bond acceptors (Lipinski definition) is 3. The Bertz CT molecular complexity index is 118. The molecule has 0 fully saturated rings. The lowest BCUT2D eigenvalue weighted by Crippen LogP contribution is -2.19. The van der Waals surface area contributed by atoms with Crippen LogP contribution in [0.1, 0.15) is 58.3 Å². The third kappa shape index (κ3) is 10.7. The minimum absolute atomic E-state index is 0.242. The molecule has 0 aromatic heterocycles. The Kier molecular flexibility index (Phi) is 10.7. The molecule has 0 amide bonds. The van der Waals surface area contributed by atoms with Crippen molar-refractivity contribution in [2.45, 2.75) is 68.9 Å². The number of unbranched alkanes of at least 4 members (excludes halogenated alkanes) is 3. The van der Waals surface area contributed by atoms with Gasteiger partial charge in [0.05, 0.1) is 0 Å². The summed E-state index contributed by atoms with van der Waals surface area (Å²) in [5, 5.41) is 0. The first-order valence-corrected chi connectivity index (χ1v) is 6.81. The first kappa shape index (κ1) is 14.7. The SMILES string of the molecule is CCCCCC(N)CCCCC(S)S. The van der Waals surface area contributed by atoms with Gasteiger partial charge in [0, 0.05) is 10.6 Å². The molecule has 86 valence electrons. The van der Waals surface area contributed by atoms with Crippen LogP contribution in [0.15, 0.2) is 0 Å². The lowest BCUT2D eigenvalue weighted by molar-refractivity contribution is 0.502. The Morgan fingerprint density at radius 3 is 1.93 bits per heavy atom. The fourth-order valence-corrected chi connectivity index (χ4v) is 1.90. The maximum Gasteiger partial charge on any atom is 0.0442 e. The summed E-state index contributed by atoms with van der Waals surface area (Å²) in [6, 6.07) is 0.417. The summed E-state index contributed by atoms with van der Waals surface area (Å²) in [4.78, 5) is 0. The summed E-state index contributed by atoms with van der Waals surface area (Å²) >= 11 is 8.45. The molecule has 0 aliphatic heterocycles. The van der Waals surface area contributed by atoms with Crippen molar-refractivity contribution in [3.63, 3.8) is 0 Å². The largest absolute Gasteiger partial charge is 0.328 e. The molecular weight excluding hydrogens is 210 g/mol.